The summed E-state index contributed by atoms with van der Waals surface area (Å²) in [6.45, 7) is 0.560. The van der Waals surface area contributed by atoms with Crippen LogP contribution in [0.15, 0.2) is 30.3 Å². The maximum Gasteiger partial charge on any atom is 0.305 e. The number of likely N-dealkylation sites (N-methyl/N-ethyl adjacent to an activating group) is 1. The number of benzene rings is 1. The first kappa shape index (κ1) is 15.2. The lowest BCUT2D eigenvalue weighted by atomic mass is 10.1. The summed E-state index contributed by atoms with van der Waals surface area (Å²) >= 11 is 0. The fraction of sp³-hybridized carbons (Fsp3) is 0.429. The van der Waals surface area contributed by atoms with Crippen molar-refractivity contribution in [2.24, 2.45) is 0 Å². The number of carboxylic acid groups (broad SMARTS) is 1. The van der Waals surface area contributed by atoms with Crippen molar-refractivity contribution in [1.29, 1.82) is 0 Å². The monoisotopic (exact) mass is 265 g/mol. The molecule has 0 fully saturated rings. The molecule has 0 aliphatic rings. The summed E-state index contributed by atoms with van der Waals surface area (Å²) in [6, 6.07) is 8.42. The van der Waals surface area contributed by atoms with Crippen LogP contribution in [0.2, 0.25) is 0 Å². The maximum absolute atomic E-state index is 12.0. The Balaban J connectivity index is 2.72. The van der Waals surface area contributed by atoms with E-state index in [1.165, 1.54) is 0 Å². The Kier molecular flexibility index (Phi) is 5.06. The molecule has 2 N–H and O–H groups in total. The van der Waals surface area contributed by atoms with E-state index in [1.807, 2.05) is 27.2 Å². The van der Waals surface area contributed by atoms with Gasteiger partial charge in [-0.05, 0) is 12.1 Å². The molecule has 1 atom stereocenters. The van der Waals surface area contributed by atoms with E-state index in [9.17, 15) is 9.59 Å². The van der Waals surface area contributed by atoms with Gasteiger partial charge in [0, 0.05) is 5.56 Å². The van der Waals surface area contributed by atoms with Crippen LogP contribution in [0.1, 0.15) is 16.8 Å². The molecule has 0 radical (unpaired) electrons. The predicted octanol–water partition coefficient (Wildman–Crippen LogP) is 0.966. The van der Waals surface area contributed by atoms with E-state index in [4.69, 9.17) is 5.11 Å². The molecule has 0 aliphatic heterocycles. The van der Waals surface area contributed by atoms with Crippen molar-refractivity contribution in [2.45, 2.75) is 12.5 Å². The molecule has 1 aromatic rings. The summed E-state index contributed by atoms with van der Waals surface area (Å²) in [4.78, 5) is 22.9. The molecule has 0 aliphatic carbocycles. The molecule has 0 aromatic heterocycles. The van der Waals surface area contributed by atoms with Gasteiger partial charge in [-0.3, -0.25) is 9.59 Å². The zero-order valence-electron chi connectivity index (χ0n) is 11.6. The number of amides is 1. The Hall–Kier alpha value is -1.88. The van der Waals surface area contributed by atoms with E-state index in [1.54, 1.807) is 24.3 Å². The highest BCUT2D eigenvalue weighted by atomic mass is 16.4. The number of carbonyl (C=O) groups is 2. The van der Waals surface area contributed by atoms with Crippen molar-refractivity contribution >= 4 is 11.9 Å². The van der Waals surface area contributed by atoms with E-state index in [0.717, 1.165) is 0 Å². The van der Waals surface area contributed by atoms with Crippen molar-refractivity contribution in [3.63, 3.8) is 0 Å². The number of rotatable bonds is 6. The minimum atomic E-state index is -0.910. The zero-order valence-corrected chi connectivity index (χ0v) is 11.6. The fourth-order valence-corrected chi connectivity index (χ4v) is 1.89. The lowest BCUT2D eigenvalue weighted by Crippen LogP contribution is -2.49. The van der Waals surface area contributed by atoms with Crippen LogP contribution in [0, 0.1) is 0 Å². The summed E-state index contributed by atoms with van der Waals surface area (Å²) in [7, 11) is 5.89. The Bertz CT molecular complexity index is 438. The highest BCUT2D eigenvalue weighted by Gasteiger charge is 2.23. The third kappa shape index (κ3) is 6.01. The highest BCUT2D eigenvalue weighted by Crippen LogP contribution is 2.04. The van der Waals surface area contributed by atoms with Crippen molar-refractivity contribution in [3.8, 4) is 0 Å². The van der Waals surface area contributed by atoms with E-state index >= 15 is 0 Å². The number of nitrogens with zero attached hydrogens (tertiary/aromatic N) is 1. The summed E-state index contributed by atoms with van der Waals surface area (Å²) < 4.78 is 0.590. The average Bonchev–Trinajstić information content (AvgIpc) is 2.26. The van der Waals surface area contributed by atoms with Gasteiger partial charge in [0.2, 0.25) is 0 Å². The molecular formula is C14H21N2O3+. The van der Waals surface area contributed by atoms with Gasteiger partial charge >= 0.3 is 5.97 Å². The van der Waals surface area contributed by atoms with Crippen LogP contribution >= 0.6 is 0 Å². The highest BCUT2D eigenvalue weighted by molar-refractivity contribution is 5.94. The molecular weight excluding hydrogens is 244 g/mol. The standard InChI is InChI=1S/C14H20N2O3/c1-16(2,3)10-12(9-13(17)18)15-14(19)11-7-5-4-6-8-11/h4-8,12H,9-10H2,1-3H3,(H-,15,17,18,19)/p+1. The number of carboxylic acids is 1. The van der Waals surface area contributed by atoms with Gasteiger partial charge in [0.1, 0.15) is 0 Å². The molecule has 1 amide bonds. The van der Waals surface area contributed by atoms with E-state index < -0.39 is 5.97 Å². The molecule has 1 unspecified atom stereocenters. The van der Waals surface area contributed by atoms with E-state index in [2.05, 4.69) is 5.32 Å². The van der Waals surface area contributed by atoms with Crippen LogP contribution in [-0.4, -0.2) is 55.2 Å². The topological polar surface area (TPSA) is 66.4 Å². The maximum atomic E-state index is 12.0. The summed E-state index contributed by atoms with van der Waals surface area (Å²) in [5.41, 5.74) is 0.541. The molecule has 1 aromatic carbocycles. The molecule has 0 spiro atoms. The third-order valence-corrected chi connectivity index (χ3v) is 2.56. The first-order valence-corrected chi connectivity index (χ1v) is 6.16. The molecule has 5 nitrogen and oxygen atoms in total. The second-order valence-electron chi connectivity index (χ2n) is 5.61. The molecule has 19 heavy (non-hydrogen) atoms. The van der Waals surface area contributed by atoms with Crippen LogP contribution in [0.4, 0.5) is 0 Å². The van der Waals surface area contributed by atoms with Gasteiger partial charge in [-0.15, -0.1) is 0 Å². The predicted molar refractivity (Wildman–Crippen MR) is 72.8 cm³/mol. The van der Waals surface area contributed by atoms with Crippen molar-refractivity contribution in [3.05, 3.63) is 35.9 Å². The normalized spacial score (nSPS) is 12.8. The van der Waals surface area contributed by atoms with Gasteiger partial charge in [0.25, 0.3) is 5.91 Å². The first-order chi connectivity index (χ1) is 8.78. The summed E-state index contributed by atoms with van der Waals surface area (Å²) in [6.07, 6.45) is -0.0753. The van der Waals surface area contributed by atoms with Crippen molar-refractivity contribution in [2.75, 3.05) is 27.7 Å². The minimum absolute atomic E-state index is 0.0753. The number of aliphatic carboxylic acids is 1. The number of hydrogen-bond donors (Lipinski definition) is 2. The lowest BCUT2D eigenvalue weighted by Gasteiger charge is -2.29. The van der Waals surface area contributed by atoms with Crippen LogP contribution in [-0.2, 0) is 4.79 Å². The van der Waals surface area contributed by atoms with Gasteiger partial charge in [0.15, 0.2) is 0 Å². The summed E-state index contributed by atoms with van der Waals surface area (Å²) in [5, 5.41) is 11.7. The number of hydrogen-bond acceptors (Lipinski definition) is 2. The second kappa shape index (κ2) is 6.33. The minimum Gasteiger partial charge on any atom is -0.481 e. The summed E-state index contributed by atoms with van der Waals surface area (Å²) in [5.74, 6) is -1.15. The van der Waals surface area contributed by atoms with Crippen LogP contribution in [0.5, 0.6) is 0 Å². The smallest absolute Gasteiger partial charge is 0.305 e. The van der Waals surface area contributed by atoms with Gasteiger partial charge < -0.3 is 14.9 Å². The zero-order chi connectivity index (χ0) is 14.5. The molecule has 0 heterocycles. The third-order valence-electron chi connectivity index (χ3n) is 2.56. The molecule has 0 bridgehead atoms. The molecule has 1 rings (SSSR count). The fourth-order valence-electron chi connectivity index (χ4n) is 1.89. The largest absolute Gasteiger partial charge is 0.481 e. The van der Waals surface area contributed by atoms with Crippen LogP contribution < -0.4 is 5.32 Å². The van der Waals surface area contributed by atoms with E-state index in [0.29, 0.717) is 16.6 Å². The van der Waals surface area contributed by atoms with Crippen molar-refractivity contribution < 1.29 is 19.2 Å². The van der Waals surface area contributed by atoms with Gasteiger partial charge in [-0.25, -0.2) is 0 Å². The SMILES string of the molecule is C[N+](C)(C)CC(CC(=O)O)NC(=O)c1ccccc1. The second-order valence-corrected chi connectivity index (χ2v) is 5.61. The van der Waals surface area contributed by atoms with Crippen LogP contribution in [0.25, 0.3) is 0 Å². The Morgan fingerprint density at radius 3 is 2.26 bits per heavy atom. The van der Waals surface area contributed by atoms with Gasteiger partial charge in [-0.2, -0.15) is 0 Å². The number of carbonyl (C=O) groups excluding carboxylic acids is 1. The molecule has 0 saturated carbocycles. The average molecular weight is 265 g/mol. The molecule has 5 heteroatoms. The quantitative estimate of drug-likeness (QED) is 0.753. The van der Waals surface area contributed by atoms with Gasteiger partial charge in [-0.1, -0.05) is 18.2 Å². The van der Waals surface area contributed by atoms with E-state index in [-0.39, 0.29) is 18.4 Å². The number of nitrogens with one attached hydrogen (secondary N) is 1. The lowest BCUT2D eigenvalue weighted by molar-refractivity contribution is -0.871. The molecule has 0 saturated heterocycles. The van der Waals surface area contributed by atoms with Crippen LogP contribution in [0.3, 0.4) is 0 Å². The Morgan fingerprint density at radius 2 is 1.79 bits per heavy atom. The van der Waals surface area contributed by atoms with Gasteiger partial charge in [0.05, 0.1) is 40.2 Å². The number of quaternary nitrogens is 1. The Morgan fingerprint density at radius 1 is 1.21 bits per heavy atom. The first-order valence-electron chi connectivity index (χ1n) is 6.16. The van der Waals surface area contributed by atoms with Crippen molar-refractivity contribution in [1.82, 2.24) is 5.32 Å². The Labute approximate surface area is 113 Å². The molecule has 104 valence electrons.